The van der Waals surface area contributed by atoms with Crippen LogP contribution in [-0.2, 0) is 10.2 Å². The first-order chi connectivity index (χ1) is 13.9. The molecule has 0 atom stereocenters. The van der Waals surface area contributed by atoms with Crippen LogP contribution in [0.25, 0.3) is 21.6 Å². The molecule has 0 radical (unpaired) electrons. The largest absolute Gasteiger partial charge is 0.481 e. The first kappa shape index (κ1) is 19.4. The maximum absolute atomic E-state index is 11.7. The van der Waals surface area contributed by atoms with Crippen molar-refractivity contribution in [3.05, 3.63) is 68.5 Å². The summed E-state index contributed by atoms with van der Waals surface area (Å²) in [6.07, 6.45) is 1.20. The summed E-state index contributed by atoms with van der Waals surface area (Å²) in [5.41, 5.74) is 3.81. The van der Waals surface area contributed by atoms with Gasteiger partial charge in [-0.05, 0) is 36.1 Å². The number of nitrogens with zero attached hydrogens (tertiary/aromatic N) is 1. The predicted molar refractivity (Wildman–Crippen MR) is 111 cm³/mol. The van der Waals surface area contributed by atoms with E-state index in [1.807, 2.05) is 0 Å². The van der Waals surface area contributed by atoms with Crippen molar-refractivity contribution in [2.24, 2.45) is 0 Å². The van der Waals surface area contributed by atoms with Crippen LogP contribution in [0.4, 0.5) is 11.4 Å². The summed E-state index contributed by atoms with van der Waals surface area (Å²) < 4.78 is 0.436. The minimum Gasteiger partial charge on any atom is -0.481 e. The molecule has 0 saturated heterocycles. The van der Waals surface area contributed by atoms with Crippen LogP contribution in [0.2, 0.25) is 4.34 Å². The van der Waals surface area contributed by atoms with Gasteiger partial charge in [0.05, 0.1) is 30.8 Å². The lowest BCUT2D eigenvalue weighted by Crippen LogP contribution is -2.19. The highest BCUT2D eigenvalue weighted by molar-refractivity contribution is 7.20. The van der Waals surface area contributed by atoms with Gasteiger partial charge in [0.15, 0.2) is 0 Å². The molecule has 0 aliphatic heterocycles. The number of carbonyl (C=O) groups is 1. The molecule has 1 aliphatic rings. The molecule has 1 fully saturated rings. The van der Waals surface area contributed by atoms with Crippen LogP contribution in [-0.4, -0.2) is 21.2 Å². The second-order valence-corrected chi connectivity index (χ2v) is 8.54. The number of anilines is 1. The van der Waals surface area contributed by atoms with E-state index >= 15 is 0 Å². The zero-order chi connectivity index (χ0) is 20.8. The van der Waals surface area contributed by atoms with Gasteiger partial charge in [-0.25, -0.2) is 0 Å². The van der Waals surface area contributed by atoms with Crippen molar-refractivity contribution in [2.75, 3.05) is 5.48 Å². The predicted octanol–water partition coefficient (Wildman–Crippen LogP) is 5.56. The Kier molecular flexibility index (Phi) is 4.77. The number of halogens is 1. The molecular formula is C20H15ClN2O5S. The molecule has 148 valence electrons. The fraction of sp³-hybridized carbons (Fsp3) is 0.150. The number of aliphatic carboxylic acids is 1. The molecular weight excluding hydrogens is 416 g/mol. The highest BCUT2D eigenvalue weighted by Crippen LogP contribution is 2.49. The smallest absolute Gasteiger partial charge is 0.314 e. The molecule has 7 nitrogen and oxygen atoms in total. The molecule has 0 unspecified atom stereocenters. The number of carboxylic acid groups (broad SMARTS) is 1. The van der Waals surface area contributed by atoms with Gasteiger partial charge < -0.3 is 5.11 Å². The second kappa shape index (κ2) is 7.14. The Bertz CT molecular complexity index is 1120. The Labute approximate surface area is 174 Å². The number of hydrogen-bond acceptors (Lipinski definition) is 6. The second-order valence-electron chi connectivity index (χ2n) is 6.86. The quantitative estimate of drug-likeness (QED) is 0.348. The molecule has 1 aliphatic carbocycles. The van der Waals surface area contributed by atoms with Crippen LogP contribution in [0.3, 0.4) is 0 Å². The zero-order valence-electron chi connectivity index (χ0n) is 14.9. The number of nitrogens with one attached hydrogen (secondary N) is 1. The van der Waals surface area contributed by atoms with E-state index in [1.54, 1.807) is 36.4 Å². The van der Waals surface area contributed by atoms with Crippen LogP contribution in [0, 0.1) is 10.1 Å². The highest BCUT2D eigenvalue weighted by Gasteiger charge is 2.51. The maximum atomic E-state index is 11.7. The van der Waals surface area contributed by atoms with Crippen LogP contribution in [0.5, 0.6) is 0 Å². The minimum atomic E-state index is -0.844. The van der Waals surface area contributed by atoms with Gasteiger partial charge in [0, 0.05) is 11.6 Å². The van der Waals surface area contributed by atoms with Gasteiger partial charge in [0.1, 0.15) is 0 Å². The molecule has 3 N–H and O–H groups in total. The van der Waals surface area contributed by atoms with E-state index in [1.165, 1.54) is 23.5 Å². The molecule has 1 saturated carbocycles. The topological polar surface area (TPSA) is 113 Å². The molecule has 1 aromatic heterocycles. The summed E-state index contributed by atoms with van der Waals surface area (Å²) in [5.74, 6) is -0.844. The summed E-state index contributed by atoms with van der Waals surface area (Å²) in [5, 5.41) is 30.4. The Morgan fingerprint density at radius 1 is 1.14 bits per heavy atom. The lowest BCUT2D eigenvalue weighted by atomic mass is 9.93. The summed E-state index contributed by atoms with van der Waals surface area (Å²) in [6.45, 7) is 0. The molecule has 9 heteroatoms. The van der Waals surface area contributed by atoms with Gasteiger partial charge >= 0.3 is 5.97 Å². The molecule has 29 heavy (non-hydrogen) atoms. The number of hydrogen-bond donors (Lipinski definition) is 3. The van der Waals surface area contributed by atoms with Gasteiger partial charge in [-0.3, -0.25) is 25.6 Å². The number of rotatable bonds is 6. The Morgan fingerprint density at radius 3 is 2.34 bits per heavy atom. The number of nitro benzene ring substituents is 1. The average molecular weight is 431 g/mol. The van der Waals surface area contributed by atoms with Gasteiger partial charge in [0.25, 0.3) is 5.69 Å². The van der Waals surface area contributed by atoms with E-state index in [0.29, 0.717) is 50.0 Å². The number of carboxylic acids is 1. The van der Waals surface area contributed by atoms with Crippen molar-refractivity contribution < 1.29 is 20.0 Å². The fourth-order valence-corrected chi connectivity index (χ4v) is 4.62. The average Bonchev–Trinajstić information content (AvgIpc) is 3.44. The van der Waals surface area contributed by atoms with Gasteiger partial charge in [-0.2, -0.15) is 0 Å². The number of benzene rings is 2. The van der Waals surface area contributed by atoms with Crippen LogP contribution < -0.4 is 5.48 Å². The van der Waals surface area contributed by atoms with E-state index < -0.39 is 16.3 Å². The van der Waals surface area contributed by atoms with Crippen molar-refractivity contribution in [1.29, 1.82) is 0 Å². The van der Waals surface area contributed by atoms with Crippen LogP contribution >= 0.6 is 22.9 Å². The van der Waals surface area contributed by atoms with Gasteiger partial charge in [-0.1, -0.05) is 41.9 Å². The highest BCUT2D eigenvalue weighted by atomic mass is 35.5. The summed E-state index contributed by atoms with van der Waals surface area (Å²) in [4.78, 5) is 23.3. The van der Waals surface area contributed by atoms with Gasteiger partial charge in [0.2, 0.25) is 0 Å². The Balaban J connectivity index is 1.74. The Morgan fingerprint density at radius 2 is 1.79 bits per heavy atom. The Hall–Kier alpha value is -2.94. The van der Waals surface area contributed by atoms with E-state index in [9.17, 15) is 25.2 Å². The molecule has 0 amide bonds. The molecule has 2 aromatic carbocycles. The van der Waals surface area contributed by atoms with Crippen molar-refractivity contribution in [1.82, 2.24) is 0 Å². The van der Waals surface area contributed by atoms with E-state index in [4.69, 9.17) is 11.6 Å². The van der Waals surface area contributed by atoms with Crippen molar-refractivity contribution in [3.63, 3.8) is 0 Å². The molecule has 0 spiro atoms. The third-order valence-corrected chi connectivity index (χ3v) is 6.50. The fourth-order valence-electron chi connectivity index (χ4n) is 3.45. The van der Waals surface area contributed by atoms with E-state index in [0.717, 1.165) is 0 Å². The summed E-state index contributed by atoms with van der Waals surface area (Å²) in [7, 11) is 0. The van der Waals surface area contributed by atoms with Crippen LogP contribution in [0.15, 0.2) is 48.5 Å². The van der Waals surface area contributed by atoms with E-state index in [2.05, 4.69) is 5.48 Å². The van der Waals surface area contributed by atoms with Crippen molar-refractivity contribution in [3.8, 4) is 21.6 Å². The SMILES string of the molecule is O=C(O)C1(c2ccc(-c3ccc(-c4sc(Cl)cc4NO)cc3[N+](=O)[O-])cc2)CC1. The first-order valence-electron chi connectivity index (χ1n) is 8.68. The monoisotopic (exact) mass is 430 g/mol. The first-order valence-corrected chi connectivity index (χ1v) is 9.88. The molecule has 1 heterocycles. The molecule has 3 aromatic rings. The standard InChI is InChI=1S/C20H15ClN2O5S/c21-17-10-15(22-26)18(29-17)12-3-6-14(16(9-12)23(27)28)11-1-4-13(5-2-11)20(7-8-20)19(24)25/h1-6,9-10,22,26H,7-8H2,(H,24,25). The van der Waals surface area contributed by atoms with Crippen molar-refractivity contribution >= 4 is 40.3 Å². The lowest BCUT2D eigenvalue weighted by Gasteiger charge is -2.11. The number of nitro groups is 1. The maximum Gasteiger partial charge on any atom is 0.314 e. The zero-order valence-corrected chi connectivity index (χ0v) is 16.5. The summed E-state index contributed by atoms with van der Waals surface area (Å²) >= 11 is 7.19. The third kappa shape index (κ3) is 3.35. The third-order valence-electron chi connectivity index (χ3n) is 5.19. The lowest BCUT2D eigenvalue weighted by molar-refractivity contribution is -0.384. The summed E-state index contributed by atoms with van der Waals surface area (Å²) in [6, 6.07) is 13.2. The molecule has 0 bridgehead atoms. The van der Waals surface area contributed by atoms with E-state index in [-0.39, 0.29) is 5.69 Å². The van der Waals surface area contributed by atoms with Crippen molar-refractivity contribution in [2.45, 2.75) is 18.3 Å². The molecule has 4 rings (SSSR count). The number of thiophene rings is 1. The van der Waals surface area contributed by atoms with Crippen LogP contribution in [0.1, 0.15) is 18.4 Å². The minimum absolute atomic E-state index is 0.0944. The normalized spacial score (nSPS) is 14.4. The van der Waals surface area contributed by atoms with Gasteiger partial charge in [-0.15, -0.1) is 11.3 Å².